The van der Waals surface area contributed by atoms with E-state index in [2.05, 4.69) is 4.72 Å². The average molecular weight is 324 g/mol. The Morgan fingerprint density at radius 1 is 1.53 bits per heavy atom. The van der Waals surface area contributed by atoms with Gasteiger partial charge in [-0.3, -0.25) is 4.79 Å². The molecule has 0 aliphatic heterocycles. The summed E-state index contributed by atoms with van der Waals surface area (Å²) in [6.45, 7) is 0. The number of halogens is 1. The minimum Gasteiger partial charge on any atom is -0.480 e. The molecular formula is C11H14ClNO4S2. The van der Waals surface area contributed by atoms with Crippen molar-refractivity contribution >= 4 is 39.4 Å². The maximum Gasteiger partial charge on any atom is 0.321 e. The number of carboxylic acids is 1. The molecule has 0 radical (unpaired) electrons. The number of benzene rings is 1. The van der Waals surface area contributed by atoms with E-state index in [0.29, 0.717) is 5.75 Å². The molecule has 0 aliphatic rings. The minimum atomic E-state index is -3.88. The van der Waals surface area contributed by atoms with Gasteiger partial charge in [0.15, 0.2) is 0 Å². The van der Waals surface area contributed by atoms with Gasteiger partial charge in [0.25, 0.3) is 0 Å². The summed E-state index contributed by atoms with van der Waals surface area (Å²) in [6, 6.07) is 4.53. The number of hydrogen-bond acceptors (Lipinski definition) is 4. The van der Waals surface area contributed by atoms with E-state index in [0.717, 1.165) is 0 Å². The van der Waals surface area contributed by atoms with Gasteiger partial charge in [0, 0.05) is 5.02 Å². The predicted molar refractivity (Wildman–Crippen MR) is 76.2 cm³/mol. The Balaban J connectivity index is 2.91. The molecule has 0 unspecified atom stereocenters. The van der Waals surface area contributed by atoms with Crippen LogP contribution in [-0.2, 0) is 14.8 Å². The lowest BCUT2D eigenvalue weighted by molar-refractivity contribution is -0.139. The van der Waals surface area contributed by atoms with Gasteiger partial charge < -0.3 is 5.11 Å². The highest BCUT2D eigenvalue weighted by atomic mass is 35.5. The molecule has 106 valence electrons. The second-order valence-corrected chi connectivity index (χ2v) is 6.89. The molecule has 1 aromatic carbocycles. The summed E-state index contributed by atoms with van der Waals surface area (Å²) in [5, 5.41) is 9.28. The maximum atomic E-state index is 12.0. The summed E-state index contributed by atoms with van der Waals surface area (Å²) in [5.74, 6) is -0.644. The highest BCUT2D eigenvalue weighted by Crippen LogP contribution is 2.16. The van der Waals surface area contributed by atoms with Crippen LogP contribution < -0.4 is 4.72 Å². The van der Waals surface area contributed by atoms with Crippen LogP contribution in [-0.4, -0.2) is 37.5 Å². The molecule has 5 nitrogen and oxygen atoms in total. The molecule has 0 aromatic heterocycles. The molecule has 1 aromatic rings. The molecule has 1 atom stereocenters. The van der Waals surface area contributed by atoms with Crippen LogP contribution in [0.4, 0.5) is 0 Å². The van der Waals surface area contributed by atoms with E-state index in [4.69, 9.17) is 16.7 Å². The summed E-state index contributed by atoms with van der Waals surface area (Å²) < 4.78 is 26.2. The van der Waals surface area contributed by atoms with Gasteiger partial charge in [-0.15, -0.1) is 0 Å². The van der Waals surface area contributed by atoms with Crippen molar-refractivity contribution in [3.8, 4) is 0 Å². The third kappa shape index (κ3) is 5.02. The minimum absolute atomic E-state index is 0.0459. The zero-order valence-corrected chi connectivity index (χ0v) is 12.6. The summed E-state index contributed by atoms with van der Waals surface area (Å²) in [5.41, 5.74) is 0. The number of thioether (sulfide) groups is 1. The van der Waals surface area contributed by atoms with Crippen LogP contribution in [0.25, 0.3) is 0 Å². The quantitative estimate of drug-likeness (QED) is 0.799. The maximum absolute atomic E-state index is 12.0. The van der Waals surface area contributed by atoms with Crippen molar-refractivity contribution in [1.29, 1.82) is 0 Å². The first-order valence-corrected chi connectivity index (χ1v) is 8.62. The summed E-state index contributed by atoms with van der Waals surface area (Å²) in [4.78, 5) is 11.0. The van der Waals surface area contributed by atoms with Gasteiger partial charge in [-0.1, -0.05) is 17.7 Å². The third-order valence-corrected chi connectivity index (χ3v) is 4.66. The first kappa shape index (κ1) is 16.3. The second-order valence-electron chi connectivity index (χ2n) is 3.75. The molecule has 2 N–H and O–H groups in total. The molecular weight excluding hydrogens is 310 g/mol. The van der Waals surface area contributed by atoms with Gasteiger partial charge in [0.05, 0.1) is 4.90 Å². The molecule has 8 heteroatoms. The number of aliphatic carboxylic acids is 1. The summed E-state index contributed by atoms with van der Waals surface area (Å²) in [7, 11) is -3.88. The lowest BCUT2D eigenvalue weighted by Crippen LogP contribution is -2.41. The molecule has 0 amide bonds. The molecule has 19 heavy (non-hydrogen) atoms. The lowest BCUT2D eigenvalue weighted by atomic mass is 10.2. The Morgan fingerprint density at radius 2 is 2.21 bits per heavy atom. The Kier molecular flexibility index (Phi) is 6.12. The molecule has 0 bridgehead atoms. The van der Waals surface area contributed by atoms with E-state index in [-0.39, 0.29) is 16.3 Å². The van der Waals surface area contributed by atoms with Gasteiger partial charge in [-0.2, -0.15) is 16.5 Å². The first-order valence-electron chi connectivity index (χ1n) is 5.36. The van der Waals surface area contributed by atoms with Crippen molar-refractivity contribution in [2.45, 2.75) is 17.4 Å². The zero-order chi connectivity index (χ0) is 14.5. The lowest BCUT2D eigenvalue weighted by Gasteiger charge is -2.14. The fourth-order valence-electron chi connectivity index (χ4n) is 1.36. The van der Waals surface area contributed by atoms with Crippen molar-refractivity contribution in [1.82, 2.24) is 4.72 Å². The number of nitrogens with one attached hydrogen (secondary N) is 1. The number of sulfonamides is 1. The van der Waals surface area contributed by atoms with E-state index in [1.54, 1.807) is 6.07 Å². The van der Waals surface area contributed by atoms with Crippen LogP contribution in [0.2, 0.25) is 5.02 Å². The van der Waals surface area contributed by atoms with E-state index >= 15 is 0 Å². The second kappa shape index (κ2) is 7.14. The number of rotatable bonds is 7. The largest absolute Gasteiger partial charge is 0.480 e. The standard InChI is InChI=1S/C11H14ClNO4S2/c1-18-6-5-10(11(14)15)13-19(16,17)9-4-2-3-8(12)7-9/h2-4,7,10,13H,5-6H2,1H3,(H,14,15)/t10-/m1/s1. The average Bonchev–Trinajstić information content (AvgIpc) is 2.34. The van der Waals surface area contributed by atoms with E-state index in [1.807, 2.05) is 6.26 Å². The number of carbonyl (C=O) groups is 1. The highest BCUT2D eigenvalue weighted by molar-refractivity contribution is 7.98. The van der Waals surface area contributed by atoms with Crippen molar-refractivity contribution in [2.24, 2.45) is 0 Å². The van der Waals surface area contributed by atoms with Crippen molar-refractivity contribution in [3.63, 3.8) is 0 Å². The first-order chi connectivity index (χ1) is 8.86. The van der Waals surface area contributed by atoms with Gasteiger partial charge in [0.2, 0.25) is 10.0 Å². The van der Waals surface area contributed by atoms with Crippen molar-refractivity contribution in [3.05, 3.63) is 29.3 Å². The third-order valence-electron chi connectivity index (χ3n) is 2.31. The van der Waals surface area contributed by atoms with Crippen LogP contribution in [0, 0.1) is 0 Å². The molecule has 0 saturated heterocycles. The molecule has 0 heterocycles. The van der Waals surface area contributed by atoms with Crippen molar-refractivity contribution in [2.75, 3.05) is 12.0 Å². The monoisotopic (exact) mass is 323 g/mol. The van der Waals surface area contributed by atoms with Crippen LogP contribution in [0.15, 0.2) is 29.2 Å². The van der Waals surface area contributed by atoms with Crippen LogP contribution >= 0.6 is 23.4 Å². The van der Waals surface area contributed by atoms with Crippen LogP contribution in [0.5, 0.6) is 0 Å². The van der Waals surface area contributed by atoms with Crippen LogP contribution in [0.3, 0.4) is 0 Å². The normalized spacial score (nSPS) is 13.2. The number of hydrogen-bond donors (Lipinski definition) is 2. The fraction of sp³-hybridized carbons (Fsp3) is 0.364. The Bertz CT molecular complexity index is 547. The van der Waals surface area contributed by atoms with E-state index in [1.165, 1.54) is 30.0 Å². The molecule has 0 fully saturated rings. The summed E-state index contributed by atoms with van der Waals surface area (Å²) in [6.07, 6.45) is 2.04. The topological polar surface area (TPSA) is 83.5 Å². The van der Waals surface area contributed by atoms with Gasteiger partial charge in [0.1, 0.15) is 6.04 Å². The van der Waals surface area contributed by atoms with Crippen LogP contribution in [0.1, 0.15) is 6.42 Å². The van der Waals surface area contributed by atoms with Gasteiger partial charge in [-0.25, -0.2) is 8.42 Å². The highest BCUT2D eigenvalue weighted by Gasteiger charge is 2.24. The summed E-state index contributed by atoms with van der Waals surface area (Å²) >= 11 is 7.17. The fourth-order valence-corrected chi connectivity index (χ4v) is 3.35. The smallest absolute Gasteiger partial charge is 0.321 e. The predicted octanol–water partition coefficient (Wildman–Crippen LogP) is 1.82. The Morgan fingerprint density at radius 3 is 2.74 bits per heavy atom. The van der Waals surface area contributed by atoms with Gasteiger partial charge >= 0.3 is 5.97 Å². The zero-order valence-electron chi connectivity index (χ0n) is 10.2. The Hall–Kier alpha value is -0.760. The number of carboxylic acid groups (broad SMARTS) is 1. The van der Waals surface area contributed by atoms with Gasteiger partial charge in [-0.05, 0) is 36.6 Å². The molecule has 0 saturated carbocycles. The molecule has 0 spiro atoms. The van der Waals surface area contributed by atoms with Crippen molar-refractivity contribution < 1.29 is 18.3 Å². The van der Waals surface area contributed by atoms with E-state index < -0.39 is 22.0 Å². The van der Waals surface area contributed by atoms with E-state index in [9.17, 15) is 13.2 Å². The molecule has 1 rings (SSSR count). The Labute approximate surface area is 121 Å². The SMILES string of the molecule is CSCC[C@@H](NS(=O)(=O)c1cccc(Cl)c1)C(=O)O. The molecule has 0 aliphatic carbocycles.